The summed E-state index contributed by atoms with van der Waals surface area (Å²) in [5.74, 6) is 0. The van der Waals surface area contributed by atoms with Crippen molar-refractivity contribution in [1.82, 2.24) is 5.32 Å². The van der Waals surface area contributed by atoms with Crippen LogP contribution in [0.5, 0.6) is 0 Å². The van der Waals surface area contributed by atoms with Gasteiger partial charge in [0.1, 0.15) is 0 Å². The maximum Gasteiger partial charge on any atom is 0.0575 e. The molecule has 0 aromatic rings. The van der Waals surface area contributed by atoms with Crippen LogP contribution in [0.3, 0.4) is 0 Å². The lowest BCUT2D eigenvalue weighted by Gasteiger charge is -2.27. The molecule has 1 rings (SSSR count). The second-order valence-corrected chi connectivity index (χ2v) is 5.87. The summed E-state index contributed by atoms with van der Waals surface area (Å²) in [6.07, 6.45) is 8.61. The summed E-state index contributed by atoms with van der Waals surface area (Å²) in [7, 11) is 0. The molecule has 0 heterocycles. The fourth-order valence-corrected chi connectivity index (χ4v) is 2.27. The maximum absolute atomic E-state index is 6.08. The summed E-state index contributed by atoms with van der Waals surface area (Å²) >= 11 is 0. The zero-order valence-electron chi connectivity index (χ0n) is 11.3. The molecule has 0 saturated heterocycles. The average Bonchev–Trinajstić information content (AvgIpc) is 2.52. The van der Waals surface area contributed by atoms with Gasteiger partial charge in [-0.3, -0.25) is 0 Å². The van der Waals surface area contributed by atoms with E-state index < -0.39 is 0 Å². The quantitative estimate of drug-likeness (QED) is 0.703. The number of nitrogens with one attached hydrogen (secondary N) is 1. The van der Waals surface area contributed by atoms with Crippen molar-refractivity contribution in [1.29, 1.82) is 0 Å². The van der Waals surface area contributed by atoms with Gasteiger partial charge in [-0.1, -0.05) is 46.5 Å². The number of rotatable bonds is 6. The second-order valence-electron chi connectivity index (χ2n) is 5.87. The Morgan fingerprint density at radius 2 is 1.75 bits per heavy atom. The number of hydrogen-bond donors (Lipinski definition) is 1. The van der Waals surface area contributed by atoms with Crippen LogP contribution in [0.4, 0.5) is 0 Å². The molecular formula is C14H29NO. The highest BCUT2D eigenvalue weighted by atomic mass is 16.5. The summed E-state index contributed by atoms with van der Waals surface area (Å²) in [4.78, 5) is 0. The third-order valence-electron chi connectivity index (χ3n) is 3.37. The molecule has 0 radical (unpaired) electrons. The van der Waals surface area contributed by atoms with E-state index in [1.54, 1.807) is 0 Å². The van der Waals surface area contributed by atoms with Gasteiger partial charge in [0.05, 0.1) is 12.7 Å². The van der Waals surface area contributed by atoms with Gasteiger partial charge >= 0.3 is 0 Å². The molecule has 1 N–H and O–H groups in total. The summed E-state index contributed by atoms with van der Waals surface area (Å²) in [6, 6.07) is 0. The van der Waals surface area contributed by atoms with Crippen molar-refractivity contribution in [2.24, 2.45) is 5.41 Å². The minimum atomic E-state index is 0.266. The van der Waals surface area contributed by atoms with Crippen LogP contribution in [0.2, 0.25) is 0 Å². The largest absolute Gasteiger partial charge is 0.378 e. The normalized spacial score (nSPS) is 19.7. The van der Waals surface area contributed by atoms with Crippen LogP contribution in [0.1, 0.15) is 59.3 Å². The molecule has 1 aliphatic rings. The van der Waals surface area contributed by atoms with Crippen LogP contribution in [0.15, 0.2) is 0 Å². The fraction of sp³-hybridized carbons (Fsp3) is 1.00. The Hall–Kier alpha value is -0.0800. The van der Waals surface area contributed by atoms with E-state index in [4.69, 9.17) is 4.74 Å². The van der Waals surface area contributed by atoms with Crippen LogP contribution in [0.25, 0.3) is 0 Å². The molecule has 0 bridgehead atoms. The molecule has 0 aromatic carbocycles. The van der Waals surface area contributed by atoms with E-state index in [2.05, 4.69) is 26.1 Å². The van der Waals surface area contributed by atoms with E-state index in [0.29, 0.717) is 6.10 Å². The number of ether oxygens (including phenoxy) is 1. The minimum Gasteiger partial charge on any atom is -0.378 e. The monoisotopic (exact) mass is 227 g/mol. The molecule has 1 aliphatic carbocycles. The molecule has 0 aliphatic heterocycles. The Balaban J connectivity index is 2.20. The van der Waals surface area contributed by atoms with Crippen molar-refractivity contribution in [3.05, 3.63) is 0 Å². The van der Waals surface area contributed by atoms with Gasteiger partial charge < -0.3 is 10.1 Å². The van der Waals surface area contributed by atoms with Gasteiger partial charge in [0.15, 0.2) is 0 Å². The van der Waals surface area contributed by atoms with Crippen molar-refractivity contribution in [2.75, 3.05) is 19.7 Å². The van der Waals surface area contributed by atoms with Gasteiger partial charge in [0.2, 0.25) is 0 Å². The Labute approximate surface area is 101 Å². The van der Waals surface area contributed by atoms with E-state index >= 15 is 0 Å². The molecule has 0 aromatic heterocycles. The Morgan fingerprint density at radius 1 is 1.12 bits per heavy atom. The highest BCUT2D eigenvalue weighted by Gasteiger charge is 2.20. The van der Waals surface area contributed by atoms with E-state index in [1.165, 1.54) is 38.5 Å². The van der Waals surface area contributed by atoms with Gasteiger partial charge in [-0.2, -0.15) is 0 Å². The molecule has 0 atom stereocenters. The lowest BCUT2D eigenvalue weighted by atomic mass is 9.94. The molecule has 1 saturated carbocycles. The van der Waals surface area contributed by atoms with E-state index in [9.17, 15) is 0 Å². The standard InChI is InChI=1S/C14H29NO/c1-4-15-11-14(2,3)12-16-13-9-7-5-6-8-10-13/h13,15H,4-12H2,1-3H3. The van der Waals surface area contributed by atoms with Crippen LogP contribution in [-0.4, -0.2) is 25.8 Å². The predicted octanol–water partition coefficient (Wildman–Crippen LogP) is 3.36. The van der Waals surface area contributed by atoms with Crippen LogP contribution >= 0.6 is 0 Å². The van der Waals surface area contributed by atoms with Crippen LogP contribution in [0, 0.1) is 5.41 Å². The van der Waals surface area contributed by atoms with Crippen molar-refractivity contribution >= 4 is 0 Å². The first-order valence-electron chi connectivity index (χ1n) is 6.96. The number of hydrogen-bond acceptors (Lipinski definition) is 2. The third kappa shape index (κ3) is 5.86. The first kappa shape index (κ1) is 14.0. The first-order chi connectivity index (χ1) is 7.64. The maximum atomic E-state index is 6.08. The molecule has 0 amide bonds. The molecule has 1 fully saturated rings. The summed E-state index contributed by atoms with van der Waals surface area (Å²) < 4.78 is 6.08. The molecule has 2 nitrogen and oxygen atoms in total. The van der Waals surface area contributed by atoms with Gasteiger partial charge in [-0.05, 0) is 19.4 Å². The van der Waals surface area contributed by atoms with Crippen LogP contribution < -0.4 is 5.32 Å². The molecule has 16 heavy (non-hydrogen) atoms. The Bertz CT molecular complexity index is 172. The summed E-state index contributed by atoms with van der Waals surface area (Å²) in [6.45, 7) is 9.72. The second kappa shape index (κ2) is 7.29. The zero-order chi connectivity index (χ0) is 11.9. The van der Waals surface area contributed by atoms with Crippen molar-refractivity contribution in [2.45, 2.75) is 65.4 Å². The smallest absolute Gasteiger partial charge is 0.0575 e. The van der Waals surface area contributed by atoms with E-state index in [1.807, 2.05) is 0 Å². The lowest BCUT2D eigenvalue weighted by Crippen LogP contribution is -2.34. The van der Waals surface area contributed by atoms with Gasteiger partial charge in [-0.25, -0.2) is 0 Å². The molecule has 2 heteroatoms. The fourth-order valence-electron chi connectivity index (χ4n) is 2.27. The predicted molar refractivity (Wildman–Crippen MR) is 69.8 cm³/mol. The topological polar surface area (TPSA) is 21.3 Å². The average molecular weight is 227 g/mol. The lowest BCUT2D eigenvalue weighted by molar-refractivity contribution is -0.00385. The van der Waals surface area contributed by atoms with Crippen molar-refractivity contribution in [3.63, 3.8) is 0 Å². The summed E-state index contributed by atoms with van der Waals surface area (Å²) in [5, 5.41) is 3.41. The Morgan fingerprint density at radius 3 is 2.31 bits per heavy atom. The molecular weight excluding hydrogens is 198 g/mol. The third-order valence-corrected chi connectivity index (χ3v) is 3.37. The minimum absolute atomic E-state index is 0.266. The van der Waals surface area contributed by atoms with Gasteiger partial charge in [0, 0.05) is 12.0 Å². The molecule has 0 spiro atoms. The van der Waals surface area contributed by atoms with Gasteiger partial charge in [-0.15, -0.1) is 0 Å². The zero-order valence-corrected chi connectivity index (χ0v) is 11.3. The molecule has 0 unspecified atom stereocenters. The SMILES string of the molecule is CCNCC(C)(C)COC1CCCCCC1. The van der Waals surface area contributed by atoms with Crippen molar-refractivity contribution < 1.29 is 4.74 Å². The summed E-state index contributed by atoms with van der Waals surface area (Å²) in [5.41, 5.74) is 0.266. The highest BCUT2D eigenvalue weighted by molar-refractivity contribution is 4.72. The van der Waals surface area contributed by atoms with Crippen molar-refractivity contribution in [3.8, 4) is 0 Å². The molecule has 96 valence electrons. The highest BCUT2D eigenvalue weighted by Crippen LogP contribution is 2.22. The first-order valence-corrected chi connectivity index (χ1v) is 6.96. The van der Waals surface area contributed by atoms with E-state index in [0.717, 1.165) is 19.7 Å². The van der Waals surface area contributed by atoms with Crippen LogP contribution in [-0.2, 0) is 4.74 Å². The van der Waals surface area contributed by atoms with Gasteiger partial charge in [0.25, 0.3) is 0 Å². The Kier molecular flexibility index (Phi) is 6.37. The van der Waals surface area contributed by atoms with E-state index in [-0.39, 0.29) is 5.41 Å².